The molecule has 8 heteroatoms. The molecule has 2 heterocycles. The van der Waals surface area contributed by atoms with E-state index in [1.807, 2.05) is 4.90 Å². The third-order valence-electron chi connectivity index (χ3n) is 7.88. The number of anilines is 1. The summed E-state index contributed by atoms with van der Waals surface area (Å²) in [6, 6.07) is 3.52. The molecule has 5 rings (SSSR count). The zero-order chi connectivity index (χ0) is 24.3. The summed E-state index contributed by atoms with van der Waals surface area (Å²) in [5.74, 6) is 0.674. The van der Waals surface area contributed by atoms with Gasteiger partial charge < -0.3 is 20.4 Å². The number of ketones is 1. The number of nitrogens with one attached hydrogen (secondary N) is 2. The quantitative estimate of drug-likeness (QED) is 0.606. The number of thiazole rings is 1. The third-order valence-corrected chi connectivity index (χ3v) is 9.24. The number of carbonyl (C=O) groups excluding carboxylic acids is 2. The van der Waals surface area contributed by atoms with Crippen LogP contribution in [0.5, 0.6) is 5.75 Å². The molecule has 2 aliphatic carbocycles. The van der Waals surface area contributed by atoms with Gasteiger partial charge in [0, 0.05) is 53.7 Å². The van der Waals surface area contributed by atoms with E-state index in [9.17, 15) is 9.59 Å². The molecule has 2 fully saturated rings. The molecule has 1 aromatic heterocycles. The van der Waals surface area contributed by atoms with E-state index in [4.69, 9.17) is 15.1 Å². The van der Waals surface area contributed by atoms with Crippen molar-refractivity contribution in [1.29, 1.82) is 5.41 Å². The number of hydrogen-bond acceptors (Lipinski definition) is 7. The van der Waals surface area contributed by atoms with Gasteiger partial charge in [0.25, 0.3) is 5.91 Å². The van der Waals surface area contributed by atoms with Crippen LogP contribution >= 0.6 is 11.3 Å². The first-order valence-corrected chi connectivity index (χ1v) is 12.8. The van der Waals surface area contributed by atoms with Gasteiger partial charge in [0.15, 0.2) is 5.78 Å². The Morgan fingerprint density at radius 2 is 1.91 bits per heavy atom. The Balaban J connectivity index is 1.33. The van der Waals surface area contributed by atoms with E-state index in [1.54, 1.807) is 44.6 Å². The smallest absolute Gasteiger partial charge is 0.254 e. The summed E-state index contributed by atoms with van der Waals surface area (Å²) in [5, 5.41) is 12.3. The molecule has 1 saturated heterocycles. The van der Waals surface area contributed by atoms with E-state index in [-0.39, 0.29) is 22.5 Å². The zero-order valence-corrected chi connectivity index (χ0v) is 21.2. The van der Waals surface area contributed by atoms with Crippen LogP contribution in [0.25, 0.3) is 0 Å². The molecule has 3 aliphatic rings. The predicted octanol–water partition coefficient (Wildman–Crippen LogP) is 4.68. The van der Waals surface area contributed by atoms with Crippen molar-refractivity contribution in [2.24, 2.45) is 5.41 Å². The van der Waals surface area contributed by atoms with Gasteiger partial charge in [0.1, 0.15) is 11.4 Å². The minimum Gasteiger partial charge on any atom is -0.495 e. The van der Waals surface area contributed by atoms with Crippen molar-refractivity contribution in [3.63, 3.8) is 0 Å². The second-order valence-corrected chi connectivity index (χ2v) is 11.5. The lowest BCUT2D eigenvalue weighted by molar-refractivity contribution is 0.0521. The second kappa shape index (κ2) is 8.18. The number of hydrogen-bond donors (Lipinski definition) is 2. The summed E-state index contributed by atoms with van der Waals surface area (Å²) in [4.78, 5) is 34.2. The molecule has 1 aliphatic heterocycles. The van der Waals surface area contributed by atoms with Crippen LogP contribution in [0, 0.1) is 10.8 Å². The van der Waals surface area contributed by atoms with Gasteiger partial charge in [-0.1, -0.05) is 6.92 Å². The largest absolute Gasteiger partial charge is 0.495 e. The van der Waals surface area contributed by atoms with Gasteiger partial charge in [-0.25, -0.2) is 4.98 Å². The Hall–Kier alpha value is -2.74. The number of Topliss-reactive ketones (excluding diaryl/α,β-unsaturated/α-hetero) is 1. The maximum Gasteiger partial charge on any atom is 0.254 e. The zero-order valence-electron chi connectivity index (χ0n) is 20.3. The average Bonchev–Trinajstić information content (AvgIpc) is 3.42. The second-order valence-electron chi connectivity index (χ2n) is 10.4. The van der Waals surface area contributed by atoms with Gasteiger partial charge in [0.2, 0.25) is 0 Å². The lowest BCUT2D eigenvalue weighted by atomic mass is 9.68. The monoisotopic (exact) mass is 480 g/mol. The number of methoxy groups -OCH3 is 1. The molecule has 0 bridgehead atoms. The Kier molecular flexibility index (Phi) is 5.54. The van der Waals surface area contributed by atoms with Crippen LogP contribution < -0.4 is 10.1 Å². The molecule has 2 N–H and O–H groups in total. The third kappa shape index (κ3) is 3.82. The van der Waals surface area contributed by atoms with Crippen molar-refractivity contribution in [1.82, 2.24) is 9.88 Å². The summed E-state index contributed by atoms with van der Waals surface area (Å²) in [6.45, 7) is 5.20. The van der Waals surface area contributed by atoms with Crippen LogP contribution in [0.1, 0.15) is 82.2 Å². The summed E-state index contributed by atoms with van der Waals surface area (Å²) in [5.41, 5.74) is 3.10. The Morgan fingerprint density at radius 1 is 1.21 bits per heavy atom. The normalized spacial score (nSPS) is 20.1. The first-order valence-electron chi connectivity index (χ1n) is 12.0. The predicted molar refractivity (Wildman–Crippen MR) is 134 cm³/mol. The number of amides is 1. The molecular formula is C26H32N4O3S. The highest BCUT2D eigenvalue weighted by molar-refractivity contribution is 7.12. The highest BCUT2D eigenvalue weighted by atomic mass is 32.1. The number of aromatic nitrogens is 1. The maximum atomic E-state index is 13.4. The summed E-state index contributed by atoms with van der Waals surface area (Å²) < 4.78 is 5.50. The van der Waals surface area contributed by atoms with Gasteiger partial charge in [-0.05, 0) is 56.6 Å². The summed E-state index contributed by atoms with van der Waals surface area (Å²) in [7, 11) is 3.35. The number of rotatable bonds is 5. The molecule has 1 amide bonds. The van der Waals surface area contributed by atoms with Gasteiger partial charge in [-0.15, -0.1) is 11.3 Å². The standard InChI is InChI=1S/C26H32N4O3S/c1-15(27)17-11-16(12-19(33-4)21(17)28-3)23(32)30-9-7-26(8-10-30)13-18(31)22-20(14-26)34-24(29-22)25(2)5-6-25/h11-12,27-28H,5-10,13-14H2,1-4H3. The van der Waals surface area contributed by atoms with Gasteiger partial charge in [-0.2, -0.15) is 0 Å². The van der Waals surface area contributed by atoms with Crippen LogP contribution in [-0.2, 0) is 11.8 Å². The summed E-state index contributed by atoms with van der Waals surface area (Å²) in [6.07, 6.45) is 5.38. The molecule has 0 radical (unpaired) electrons. The van der Waals surface area contributed by atoms with Crippen LogP contribution in [0.2, 0.25) is 0 Å². The lowest BCUT2D eigenvalue weighted by Crippen LogP contribution is -2.46. The molecule has 180 valence electrons. The van der Waals surface area contributed by atoms with Crippen molar-refractivity contribution in [3.05, 3.63) is 38.8 Å². The minimum atomic E-state index is -0.0699. The molecule has 2 aromatic rings. The lowest BCUT2D eigenvalue weighted by Gasteiger charge is -2.43. The highest BCUT2D eigenvalue weighted by Crippen LogP contribution is 2.52. The number of benzene rings is 1. The Morgan fingerprint density at radius 3 is 2.50 bits per heavy atom. The van der Waals surface area contributed by atoms with Crippen molar-refractivity contribution < 1.29 is 14.3 Å². The number of carbonyl (C=O) groups is 2. The average molecular weight is 481 g/mol. The highest BCUT2D eigenvalue weighted by Gasteiger charge is 2.47. The molecule has 1 aromatic carbocycles. The Labute approximate surface area is 204 Å². The van der Waals surface area contributed by atoms with E-state index < -0.39 is 0 Å². The van der Waals surface area contributed by atoms with Crippen molar-refractivity contribution in [2.75, 3.05) is 32.6 Å². The molecule has 0 atom stereocenters. The van der Waals surface area contributed by atoms with E-state index in [0.717, 1.165) is 42.0 Å². The van der Waals surface area contributed by atoms with Crippen LogP contribution in [0.15, 0.2) is 12.1 Å². The van der Waals surface area contributed by atoms with Crippen LogP contribution in [-0.4, -0.2) is 54.5 Å². The fraction of sp³-hybridized carbons (Fsp3) is 0.538. The molecule has 0 unspecified atom stereocenters. The number of fused-ring (bicyclic) bond motifs is 1. The minimum absolute atomic E-state index is 0.0529. The number of ether oxygens (including phenoxy) is 1. The molecule has 7 nitrogen and oxygen atoms in total. The molecule has 1 spiro atoms. The van der Waals surface area contributed by atoms with Crippen LogP contribution in [0.3, 0.4) is 0 Å². The number of piperidine rings is 1. The van der Waals surface area contributed by atoms with Crippen molar-refractivity contribution >= 4 is 34.4 Å². The first-order chi connectivity index (χ1) is 16.2. The Bertz CT molecular complexity index is 1190. The van der Waals surface area contributed by atoms with Gasteiger partial charge in [-0.3, -0.25) is 9.59 Å². The number of likely N-dealkylation sites (tertiary alicyclic amines) is 1. The fourth-order valence-electron chi connectivity index (χ4n) is 5.35. The molecular weight excluding hydrogens is 448 g/mol. The van der Waals surface area contributed by atoms with Gasteiger partial charge >= 0.3 is 0 Å². The SMILES string of the molecule is CNc1c(OC)cc(C(=O)N2CCC3(CC2)CC(=O)c2nc(C4(C)CC4)sc2C3)cc1C(C)=N. The summed E-state index contributed by atoms with van der Waals surface area (Å²) >= 11 is 1.74. The fourth-order valence-corrected chi connectivity index (χ4v) is 6.81. The number of nitrogens with zero attached hydrogens (tertiary/aromatic N) is 2. The first kappa shape index (κ1) is 23.0. The maximum absolute atomic E-state index is 13.4. The van der Waals surface area contributed by atoms with Crippen molar-refractivity contribution in [3.8, 4) is 5.75 Å². The topological polar surface area (TPSA) is 95.4 Å². The van der Waals surface area contributed by atoms with Crippen LogP contribution in [0.4, 0.5) is 5.69 Å². The molecule has 1 saturated carbocycles. The van der Waals surface area contributed by atoms with E-state index in [0.29, 0.717) is 53.5 Å². The molecule has 34 heavy (non-hydrogen) atoms. The van der Waals surface area contributed by atoms with E-state index >= 15 is 0 Å². The van der Waals surface area contributed by atoms with Crippen molar-refractivity contribution in [2.45, 2.75) is 57.8 Å². The van der Waals surface area contributed by atoms with Gasteiger partial charge in [0.05, 0.1) is 17.8 Å². The van der Waals surface area contributed by atoms with E-state index in [1.165, 1.54) is 0 Å². The van der Waals surface area contributed by atoms with E-state index in [2.05, 4.69) is 12.2 Å².